The second-order valence-corrected chi connectivity index (χ2v) is 8.78. The van der Waals surface area contributed by atoms with Crippen LogP contribution in [-0.2, 0) is 14.8 Å². The molecule has 0 radical (unpaired) electrons. The third kappa shape index (κ3) is 5.18. The average molecular weight is 481 g/mol. The monoisotopic (exact) mass is 480 g/mol. The molecule has 0 aliphatic carbocycles. The summed E-state index contributed by atoms with van der Waals surface area (Å²) >= 11 is 3.29. The number of benzene rings is 3. The molecule has 3 aromatic carbocycles. The van der Waals surface area contributed by atoms with Crippen molar-refractivity contribution >= 4 is 43.2 Å². The number of nitrogens with one attached hydrogen (secondary N) is 1. The highest BCUT2D eigenvalue weighted by atomic mass is 79.9. The van der Waals surface area contributed by atoms with Gasteiger partial charge in [0, 0.05) is 10.2 Å². The van der Waals surface area contributed by atoms with E-state index in [4.69, 9.17) is 0 Å². The molecule has 5 nitrogen and oxygen atoms in total. The first kappa shape index (κ1) is 20.9. The maximum atomic E-state index is 13.3. The van der Waals surface area contributed by atoms with E-state index in [1.54, 1.807) is 24.3 Å². The molecular formula is C20H15BrF2N2O3S. The Morgan fingerprint density at radius 2 is 1.52 bits per heavy atom. The summed E-state index contributed by atoms with van der Waals surface area (Å²) < 4.78 is 54.3. The van der Waals surface area contributed by atoms with Crippen LogP contribution < -0.4 is 9.62 Å². The smallest absolute Gasteiger partial charge is 0.264 e. The zero-order chi connectivity index (χ0) is 21.0. The zero-order valence-electron chi connectivity index (χ0n) is 14.8. The lowest BCUT2D eigenvalue weighted by Gasteiger charge is -2.24. The lowest BCUT2D eigenvalue weighted by atomic mass is 10.3. The van der Waals surface area contributed by atoms with Crippen molar-refractivity contribution in [2.45, 2.75) is 4.90 Å². The average Bonchev–Trinajstić information content (AvgIpc) is 2.67. The SMILES string of the molecule is O=C(CN(c1ccc(F)cc1)S(=O)(=O)c1ccc(F)cc1)Nc1cccc(Br)c1. The fourth-order valence-electron chi connectivity index (χ4n) is 2.55. The summed E-state index contributed by atoms with van der Waals surface area (Å²) in [6, 6.07) is 15.7. The summed E-state index contributed by atoms with van der Waals surface area (Å²) in [4.78, 5) is 12.3. The van der Waals surface area contributed by atoms with Crippen molar-refractivity contribution in [2.75, 3.05) is 16.2 Å². The molecule has 0 bridgehead atoms. The van der Waals surface area contributed by atoms with E-state index in [9.17, 15) is 22.0 Å². The molecule has 150 valence electrons. The summed E-state index contributed by atoms with van der Waals surface area (Å²) in [5, 5.41) is 2.62. The quantitative estimate of drug-likeness (QED) is 0.562. The summed E-state index contributed by atoms with van der Waals surface area (Å²) in [7, 11) is -4.21. The number of amides is 1. The van der Waals surface area contributed by atoms with Gasteiger partial charge in [-0.05, 0) is 66.7 Å². The van der Waals surface area contributed by atoms with Gasteiger partial charge in [0.1, 0.15) is 18.2 Å². The van der Waals surface area contributed by atoms with Gasteiger partial charge in [0.2, 0.25) is 5.91 Å². The molecule has 0 aliphatic heterocycles. The van der Waals surface area contributed by atoms with Crippen LogP contribution in [0.5, 0.6) is 0 Å². The molecule has 0 spiro atoms. The van der Waals surface area contributed by atoms with Crippen molar-refractivity contribution in [2.24, 2.45) is 0 Å². The molecule has 0 heterocycles. The van der Waals surface area contributed by atoms with Crippen LogP contribution >= 0.6 is 15.9 Å². The Balaban J connectivity index is 1.93. The Morgan fingerprint density at radius 3 is 2.10 bits per heavy atom. The highest BCUT2D eigenvalue weighted by molar-refractivity contribution is 9.10. The van der Waals surface area contributed by atoms with Crippen LogP contribution in [0, 0.1) is 11.6 Å². The maximum Gasteiger partial charge on any atom is 0.264 e. The molecule has 29 heavy (non-hydrogen) atoms. The summed E-state index contributed by atoms with van der Waals surface area (Å²) in [5.74, 6) is -1.74. The van der Waals surface area contributed by atoms with Crippen molar-refractivity contribution in [1.29, 1.82) is 0 Å². The van der Waals surface area contributed by atoms with Gasteiger partial charge in [-0.1, -0.05) is 22.0 Å². The van der Waals surface area contributed by atoms with Gasteiger partial charge >= 0.3 is 0 Å². The molecule has 0 saturated heterocycles. The molecular weight excluding hydrogens is 466 g/mol. The Hall–Kier alpha value is -2.78. The van der Waals surface area contributed by atoms with Crippen LogP contribution in [0.2, 0.25) is 0 Å². The van der Waals surface area contributed by atoms with Gasteiger partial charge in [-0.15, -0.1) is 0 Å². The highest BCUT2D eigenvalue weighted by Gasteiger charge is 2.27. The van der Waals surface area contributed by atoms with Crippen LogP contribution in [0.4, 0.5) is 20.2 Å². The van der Waals surface area contributed by atoms with E-state index in [-0.39, 0.29) is 10.6 Å². The Morgan fingerprint density at radius 1 is 0.931 bits per heavy atom. The molecule has 0 fully saturated rings. The second kappa shape index (κ2) is 8.71. The van der Waals surface area contributed by atoms with Crippen LogP contribution in [-0.4, -0.2) is 20.9 Å². The number of nitrogens with zero attached hydrogens (tertiary/aromatic N) is 1. The maximum absolute atomic E-state index is 13.3. The van der Waals surface area contributed by atoms with Crippen LogP contribution in [0.3, 0.4) is 0 Å². The topological polar surface area (TPSA) is 66.5 Å². The number of sulfonamides is 1. The molecule has 0 aliphatic rings. The van der Waals surface area contributed by atoms with Crippen LogP contribution in [0.1, 0.15) is 0 Å². The minimum Gasteiger partial charge on any atom is -0.324 e. The van der Waals surface area contributed by atoms with E-state index in [1.807, 2.05) is 0 Å². The Kier molecular flexibility index (Phi) is 6.29. The van der Waals surface area contributed by atoms with E-state index in [2.05, 4.69) is 21.2 Å². The molecule has 0 saturated carbocycles. The lowest BCUT2D eigenvalue weighted by Crippen LogP contribution is -2.38. The van der Waals surface area contributed by atoms with E-state index >= 15 is 0 Å². The first-order valence-corrected chi connectivity index (χ1v) is 10.6. The number of rotatable bonds is 6. The largest absolute Gasteiger partial charge is 0.324 e. The minimum absolute atomic E-state index is 0.0973. The van der Waals surface area contributed by atoms with E-state index in [1.165, 1.54) is 12.1 Å². The summed E-state index contributed by atoms with van der Waals surface area (Å²) in [6.45, 7) is -0.558. The predicted octanol–water partition coefficient (Wildman–Crippen LogP) is 4.56. The molecule has 0 aromatic heterocycles. The van der Waals surface area contributed by atoms with Gasteiger partial charge < -0.3 is 5.32 Å². The number of anilines is 2. The number of carbonyl (C=O) groups excluding carboxylic acids is 1. The number of hydrogen-bond acceptors (Lipinski definition) is 3. The standard InChI is InChI=1S/C20H15BrF2N2O3S/c21-14-2-1-3-17(12-14)24-20(26)13-25(18-8-4-15(22)5-9-18)29(27,28)19-10-6-16(23)7-11-19/h1-12H,13H2,(H,24,26). The number of halogens is 3. The van der Waals surface area contributed by atoms with Crippen LogP contribution in [0.15, 0.2) is 82.2 Å². The van der Waals surface area contributed by atoms with Crippen molar-refractivity contribution < 1.29 is 22.0 Å². The van der Waals surface area contributed by atoms with Gasteiger partial charge in [0.05, 0.1) is 10.6 Å². The van der Waals surface area contributed by atoms with Gasteiger partial charge in [-0.25, -0.2) is 17.2 Å². The molecule has 0 atom stereocenters. The first-order valence-electron chi connectivity index (χ1n) is 8.35. The molecule has 9 heteroatoms. The third-order valence-electron chi connectivity index (χ3n) is 3.91. The van der Waals surface area contributed by atoms with Gasteiger partial charge in [0.15, 0.2) is 0 Å². The number of carbonyl (C=O) groups is 1. The van der Waals surface area contributed by atoms with E-state index in [0.29, 0.717) is 5.69 Å². The summed E-state index contributed by atoms with van der Waals surface area (Å²) in [6.07, 6.45) is 0. The van der Waals surface area contributed by atoms with Gasteiger partial charge in [0.25, 0.3) is 10.0 Å². The third-order valence-corrected chi connectivity index (χ3v) is 6.19. The first-order chi connectivity index (χ1) is 13.8. The summed E-state index contributed by atoms with van der Waals surface area (Å²) in [5.41, 5.74) is 0.572. The van der Waals surface area contributed by atoms with Gasteiger partial charge in [-0.2, -0.15) is 0 Å². The fourth-order valence-corrected chi connectivity index (χ4v) is 4.37. The van der Waals surface area contributed by atoms with Crippen molar-refractivity contribution in [3.05, 3.63) is 88.9 Å². The van der Waals surface area contributed by atoms with Crippen molar-refractivity contribution in [1.82, 2.24) is 0 Å². The number of hydrogen-bond donors (Lipinski definition) is 1. The predicted molar refractivity (Wildman–Crippen MR) is 110 cm³/mol. The highest BCUT2D eigenvalue weighted by Crippen LogP contribution is 2.24. The van der Waals surface area contributed by atoms with E-state index < -0.39 is 34.1 Å². The zero-order valence-corrected chi connectivity index (χ0v) is 17.3. The lowest BCUT2D eigenvalue weighted by molar-refractivity contribution is -0.114. The molecule has 3 rings (SSSR count). The van der Waals surface area contributed by atoms with Crippen LogP contribution in [0.25, 0.3) is 0 Å². The van der Waals surface area contributed by atoms with Crippen molar-refractivity contribution in [3.8, 4) is 0 Å². The molecule has 1 amide bonds. The fraction of sp³-hybridized carbons (Fsp3) is 0.0500. The normalized spacial score (nSPS) is 11.1. The molecule has 3 aromatic rings. The molecule has 0 unspecified atom stereocenters. The van der Waals surface area contributed by atoms with Gasteiger partial charge in [-0.3, -0.25) is 9.10 Å². The Labute approximate surface area is 175 Å². The van der Waals surface area contributed by atoms with Crippen molar-refractivity contribution in [3.63, 3.8) is 0 Å². The second-order valence-electron chi connectivity index (χ2n) is 6.00. The Bertz CT molecular complexity index is 1120. The van der Waals surface area contributed by atoms with E-state index in [0.717, 1.165) is 45.2 Å². The minimum atomic E-state index is -4.21. The molecule has 1 N–H and O–H groups in total.